The van der Waals surface area contributed by atoms with Crippen LogP contribution in [-0.2, 0) is 0 Å². The number of rotatable bonds is 5. The van der Waals surface area contributed by atoms with E-state index in [-0.39, 0.29) is 58.0 Å². The molecule has 0 heterocycles. The summed E-state index contributed by atoms with van der Waals surface area (Å²) in [6.07, 6.45) is 0.599. The summed E-state index contributed by atoms with van der Waals surface area (Å²) in [5.74, 6) is -1.24. The maximum atomic E-state index is 12.9. The van der Waals surface area contributed by atoms with Crippen molar-refractivity contribution in [2.45, 2.75) is 13.3 Å². The Morgan fingerprint density at radius 3 is 2.44 bits per heavy atom. The van der Waals surface area contributed by atoms with Crippen molar-refractivity contribution in [3.8, 4) is 5.75 Å². The van der Waals surface area contributed by atoms with Crippen molar-refractivity contribution in [1.29, 1.82) is 0 Å². The van der Waals surface area contributed by atoms with Crippen LogP contribution >= 0.6 is 0 Å². The van der Waals surface area contributed by atoms with Crippen molar-refractivity contribution in [2.75, 3.05) is 6.61 Å². The first-order valence-corrected chi connectivity index (χ1v) is 5.13. The fourth-order valence-corrected chi connectivity index (χ4v) is 1.19. The molecule has 0 N–H and O–H groups in total. The summed E-state index contributed by atoms with van der Waals surface area (Å²) in [7, 11) is 0. The first-order chi connectivity index (χ1) is 7.84. The van der Waals surface area contributed by atoms with Gasteiger partial charge in [-0.05, 0) is 18.1 Å². The van der Waals surface area contributed by atoms with Gasteiger partial charge in [0.05, 0.1) is 5.75 Å². The minimum atomic E-state index is -5.21. The molecular weight excluding hydrogens is 274 g/mol. The van der Waals surface area contributed by atoms with Crippen molar-refractivity contribution in [2.24, 2.45) is 0 Å². The molecule has 0 unspecified atom stereocenters. The maximum absolute atomic E-state index is 12.9. The van der Waals surface area contributed by atoms with E-state index in [1.54, 1.807) is 0 Å². The number of ether oxygens (including phenoxy) is 1. The number of benzene rings is 1. The van der Waals surface area contributed by atoms with Gasteiger partial charge < -0.3 is 17.7 Å². The van der Waals surface area contributed by atoms with E-state index in [1.807, 2.05) is 6.92 Å². The van der Waals surface area contributed by atoms with Gasteiger partial charge in [-0.3, -0.25) is 0 Å². The fraction of sp³-hybridized carbons (Fsp3) is 0.273. The second-order valence-corrected chi connectivity index (χ2v) is 3.65. The van der Waals surface area contributed by atoms with Crippen molar-refractivity contribution < 1.29 is 73.5 Å². The summed E-state index contributed by atoms with van der Waals surface area (Å²) in [6, 6.07) is 2.21. The van der Waals surface area contributed by atoms with Gasteiger partial charge in [-0.15, -0.1) is 0 Å². The maximum Gasteiger partial charge on any atom is 1.00 e. The van der Waals surface area contributed by atoms with E-state index >= 15 is 0 Å². The molecule has 0 aliphatic heterocycles. The molecular formula is C11H12BF4KO. The molecule has 0 radical (unpaired) electrons. The molecule has 1 aromatic rings. The molecule has 1 aromatic carbocycles. The Bertz CT molecular complexity index is 420. The van der Waals surface area contributed by atoms with Gasteiger partial charge in [-0.2, -0.15) is 0 Å². The molecule has 0 atom stereocenters. The topological polar surface area (TPSA) is 9.23 Å². The van der Waals surface area contributed by atoms with Crippen molar-refractivity contribution in [3.63, 3.8) is 0 Å². The fourth-order valence-electron chi connectivity index (χ4n) is 1.19. The average Bonchev–Trinajstić information content (AvgIpc) is 2.24. The first kappa shape index (κ1) is 18.2. The van der Waals surface area contributed by atoms with Gasteiger partial charge in [0, 0.05) is 6.07 Å². The molecule has 18 heavy (non-hydrogen) atoms. The van der Waals surface area contributed by atoms with Gasteiger partial charge in [0.1, 0.15) is 12.4 Å². The standard InChI is InChI=1S/C11H12BF4O.K/c1-3-8(2)7-17-11-6-9(13)4-5-10(11)12(14,15)16;/h4-6H,2-3,7H2,1H3;/q-1;+1. The van der Waals surface area contributed by atoms with E-state index in [1.165, 1.54) is 0 Å². The van der Waals surface area contributed by atoms with Crippen LogP contribution in [0.25, 0.3) is 0 Å². The van der Waals surface area contributed by atoms with Crippen molar-refractivity contribution >= 4 is 12.4 Å². The van der Waals surface area contributed by atoms with Crippen molar-refractivity contribution in [3.05, 3.63) is 36.2 Å². The van der Waals surface area contributed by atoms with Crippen LogP contribution in [-0.4, -0.2) is 13.6 Å². The zero-order valence-corrected chi connectivity index (χ0v) is 13.5. The Balaban J connectivity index is 0.00000289. The SMILES string of the molecule is C=C(CC)COc1cc(F)ccc1[B-](F)(F)F.[K+]. The van der Waals surface area contributed by atoms with Crippen LogP contribution < -0.4 is 61.6 Å². The number of hydrogen-bond donors (Lipinski definition) is 0. The first-order valence-electron chi connectivity index (χ1n) is 5.13. The zero-order valence-electron chi connectivity index (χ0n) is 10.4. The Morgan fingerprint density at radius 1 is 1.33 bits per heavy atom. The third-order valence-corrected chi connectivity index (χ3v) is 2.26. The van der Waals surface area contributed by atoms with E-state index in [9.17, 15) is 17.3 Å². The normalized spacial score (nSPS) is 10.7. The molecule has 0 spiro atoms. The summed E-state index contributed by atoms with van der Waals surface area (Å²) >= 11 is 0. The monoisotopic (exact) mass is 286 g/mol. The molecule has 0 aliphatic carbocycles. The molecule has 0 amide bonds. The molecule has 0 saturated heterocycles. The molecule has 0 saturated carbocycles. The van der Waals surface area contributed by atoms with Crippen LogP contribution in [0.15, 0.2) is 30.4 Å². The minimum absolute atomic E-state index is 0. The molecule has 0 aliphatic rings. The molecule has 1 rings (SSSR count). The van der Waals surface area contributed by atoms with Crippen LogP contribution in [0.2, 0.25) is 0 Å². The van der Waals surface area contributed by atoms with Gasteiger partial charge in [-0.1, -0.05) is 25.0 Å². The van der Waals surface area contributed by atoms with E-state index in [4.69, 9.17) is 4.74 Å². The van der Waals surface area contributed by atoms with Crippen LogP contribution in [0.5, 0.6) is 5.75 Å². The molecule has 94 valence electrons. The number of halogens is 4. The zero-order chi connectivity index (χ0) is 13.1. The van der Waals surface area contributed by atoms with Gasteiger partial charge in [0.25, 0.3) is 0 Å². The molecule has 0 bridgehead atoms. The summed E-state index contributed by atoms with van der Waals surface area (Å²) in [5.41, 5.74) is -0.273. The van der Waals surface area contributed by atoms with Crippen LogP contribution in [0, 0.1) is 5.82 Å². The van der Waals surface area contributed by atoms with Gasteiger partial charge in [0.15, 0.2) is 0 Å². The van der Waals surface area contributed by atoms with Gasteiger partial charge in [0.2, 0.25) is 0 Å². The largest absolute Gasteiger partial charge is 1.00 e. The Labute approximate surface area is 146 Å². The third-order valence-electron chi connectivity index (χ3n) is 2.26. The Hall–Kier alpha value is 0.181. The second-order valence-electron chi connectivity index (χ2n) is 3.65. The average molecular weight is 286 g/mol. The van der Waals surface area contributed by atoms with E-state index in [2.05, 4.69) is 6.58 Å². The third kappa shape index (κ3) is 5.44. The molecule has 7 heteroatoms. The van der Waals surface area contributed by atoms with Crippen LogP contribution in [0.4, 0.5) is 17.3 Å². The molecule has 1 nitrogen and oxygen atoms in total. The summed E-state index contributed by atoms with van der Waals surface area (Å²) in [5, 5.41) is 0. The second kappa shape index (κ2) is 7.69. The predicted octanol–water partition coefficient (Wildman–Crippen LogP) is 0.229. The van der Waals surface area contributed by atoms with Crippen molar-refractivity contribution in [1.82, 2.24) is 0 Å². The van der Waals surface area contributed by atoms with Gasteiger partial charge in [-0.25, -0.2) is 4.39 Å². The Morgan fingerprint density at radius 2 is 1.94 bits per heavy atom. The number of hydrogen-bond acceptors (Lipinski definition) is 1. The predicted molar refractivity (Wildman–Crippen MR) is 60.0 cm³/mol. The van der Waals surface area contributed by atoms with Crippen LogP contribution in [0.1, 0.15) is 13.3 Å². The quantitative estimate of drug-likeness (QED) is 0.428. The minimum Gasteiger partial charge on any atom is -0.492 e. The van der Waals surface area contributed by atoms with Crippen LogP contribution in [0.3, 0.4) is 0 Å². The summed E-state index contributed by atoms with van der Waals surface area (Å²) < 4.78 is 55.7. The smallest absolute Gasteiger partial charge is 0.492 e. The summed E-state index contributed by atoms with van der Waals surface area (Å²) in [4.78, 5) is 0. The molecule has 0 fully saturated rings. The van der Waals surface area contributed by atoms with Gasteiger partial charge >= 0.3 is 58.4 Å². The molecule has 0 aromatic heterocycles. The van der Waals surface area contributed by atoms with E-state index in [0.717, 1.165) is 12.1 Å². The Kier molecular flexibility index (Phi) is 7.77. The van der Waals surface area contributed by atoms with E-state index in [0.29, 0.717) is 18.1 Å². The van der Waals surface area contributed by atoms with E-state index < -0.39 is 24.0 Å². The summed E-state index contributed by atoms with van der Waals surface area (Å²) in [6.45, 7) is 0.167.